The molecule has 110 valence electrons. The van der Waals surface area contributed by atoms with Crippen LogP contribution in [0.1, 0.15) is 37.0 Å². The quantitative estimate of drug-likeness (QED) is 0.829. The number of methoxy groups -OCH3 is 1. The summed E-state index contributed by atoms with van der Waals surface area (Å²) in [6, 6.07) is 3.38. The van der Waals surface area contributed by atoms with Crippen molar-refractivity contribution in [1.29, 1.82) is 0 Å². The minimum atomic E-state index is -0.511. The monoisotopic (exact) mass is 280 g/mol. The molecule has 0 spiro atoms. The van der Waals surface area contributed by atoms with Crippen molar-refractivity contribution in [2.45, 2.75) is 26.4 Å². The lowest BCUT2D eigenvalue weighted by molar-refractivity contribution is 0.0532. The van der Waals surface area contributed by atoms with Crippen molar-refractivity contribution in [2.24, 2.45) is 0 Å². The molecule has 0 fully saturated rings. The van der Waals surface area contributed by atoms with Crippen molar-refractivity contribution in [2.75, 3.05) is 13.7 Å². The molecule has 0 saturated carbocycles. The second kappa shape index (κ2) is 6.79. The second-order valence-electron chi connectivity index (χ2n) is 5.10. The van der Waals surface area contributed by atoms with Crippen LogP contribution in [0.15, 0.2) is 18.2 Å². The summed E-state index contributed by atoms with van der Waals surface area (Å²) in [5, 5.41) is 2.60. The Morgan fingerprint density at radius 1 is 1.35 bits per heavy atom. The zero-order valence-electron chi connectivity index (χ0n) is 12.1. The van der Waals surface area contributed by atoms with Gasteiger partial charge in [0.25, 0.3) is 0 Å². The second-order valence-corrected chi connectivity index (χ2v) is 5.10. The molecule has 1 amide bonds. The third-order valence-corrected chi connectivity index (χ3v) is 2.17. The highest BCUT2D eigenvalue weighted by molar-refractivity contribution is 5.87. The summed E-state index contributed by atoms with van der Waals surface area (Å²) in [6.45, 7) is 5.74. The number of ether oxygens (including phenoxy) is 2. The molecule has 0 saturated heterocycles. The average Bonchev–Trinajstić information content (AvgIpc) is 2.80. The molecule has 1 aromatic rings. The van der Waals surface area contributed by atoms with E-state index in [4.69, 9.17) is 4.74 Å². The lowest BCUT2D eigenvalue weighted by atomic mass is 10.2. The van der Waals surface area contributed by atoms with Gasteiger partial charge in [-0.3, -0.25) is 0 Å². The van der Waals surface area contributed by atoms with Crippen LogP contribution in [-0.2, 0) is 9.47 Å². The Labute approximate surface area is 118 Å². The van der Waals surface area contributed by atoms with Crippen LogP contribution in [0.4, 0.5) is 4.79 Å². The first-order chi connectivity index (χ1) is 9.31. The molecule has 6 nitrogen and oxygen atoms in total. The summed E-state index contributed by atoms with van der Waals surface area (Å²) in [6.07, 6.45) is 3.03. The Bertz CT molecular complexity index is 498. The topological polar surface area (TPSA) is 80.4 Å². The summed E-state index contributed by atoms with van der Waals surface area (Å²) in [5.41, 5.74) is 0.617. The highest BCUT2D eigenvalue weighted by atomic mass is 16.6. The van der Waals surface area contributed by atoms with E-state index in [1.807, 2.05) is 0 Å². The van der Waals surface area contributed by atoms with Gasteiger partial charge in [0.2, 0.25) is 0 Å². The van der Waals surface area contributed by atoms with Crippen molar-refractivity contribution >= 4 is 18.1 Å². The van der Waals surface area contributed by atoms with Gasteiger partial charge in [-0.05, 0) is 39.0 Å². The average molecular weight is 280 g/mol. The van der Waals surface area contributed by atoms with Crippen LogP contribution in [0.2, 0.25) is 0 Å². The van der Waals surface area contributed by atoms with Gasteiger partial charge >= 0.3 is 12.1 Å². The van der Waals surface area contributed by atoms with Crippen LogP contribution >= 0.6 is 0 Å². The zero-order valence-corrected chi connectivity index (χ0v) is 12.1. The van der Waals surface area contributed by atoms with Gasteiger partial charge in [0.15, 0.2) is 0 Å². The fourth-order valence-corrected chi connectivity index (χ4v) is 1.38. The van der Waals surface area contributed by atoms with Crippen molar-refractivity contribution in [1.82, 2.24) is 10.3 Å². The number of amides is 1. The maximum absolute atomic E-state index is 11.4. The van der Waals surface area contributed by atoms with Gasteiger partial charge in [-0.1, -0.05) is 6.08 Å². The lowest BCUT2D eigenvalue weighted by Crippen LogP contribution is -2.32. The lowest BCUT2D eigenvalue weighted by Gasteiger charge is -2.19. The number of rotatable bonds is 4. The molecule has 0 aliphatic heterocycles. The van der Waals surface area contributed by atoms with Crippen molar-refractivity contribution in [3.8, 4) is 0 Å². The van der Waals surface area contributed by atoms with Gasteiger partial charge in [0.05, 0.1) is 7.11 Å². The Balaban J connectivity index is 2.40. The number of hydrogen-bond acceptors (Lipinski definition) is 4. The standard InChI is InChI=1S/C14H20N2O4/c1-14(2,3)20-13(18)15-9-5-6-10-7-8-11(16-10)12(17)19-4/h5-8,16H,9H2,1-4H3,(H,15,18). The Hall–Kier alpha value is -2.24. The van der Waals surface area contributed by atoms with Crippen molar-refractivity contribution < 1.29 is 19.1 Å². The maximum Gasteiger partial charge on any atom is 0.407 e. The number of H-pyrrole nitrogens is 1. The van der Waals surface area contributed by atoms with E-state index >= 15 is 0 Å². The smallest absolute Gasteiger partial charge is 0.407 e. The number of aromatic nitrogens is 1. The van der Waals surface area contributed by atoms with E-state index in [1.54, 1.807) is 45.1 Å². The molecule has 0 aliphatic carbocycles. The predicted molar refractivity (Wildman–Crippen MR) is 75.4 cm³/mol. The fraction of sp³-hybridized carbons (Fsp3) is 0.429. The van der Waals surface area contributed by atoms with E-state index in [9.17, 15) is 9.59 Å². The van der Waals surface area contributed by atoms with E-state index in [0.717, 1.165) is 5.69 Å². The molecule has 0 aromatic carbocycles. The molecule has 1 rings (SSSR count). The van der Waals surface area contributed by atoms with Gasteiger partial charge < -0.3 is 19.8 Å². The number of esters is 1. The summed E-state index contributed by atoms with van der Waals surface area (Å²) in [7, 11) is 1.32. The molecule has 1 heterocycles. The van der Waals surface area contributed by atoms with Crippen LogP contribution in [0.3, 0.4) is 0 Å². The molecule has 20 heavy (non-hydrogen) atoms. The van der Waals surface area contributed by atoms with Crippen LogP contribution in [0, 0.1) is 0 Å². The van der Waals surface area contributed by atoms with Crippen LogP contribution in [0.5, 0.6) is 0 Å². The maximum atomic E-state index is 11.4. The zero-order chi connectivity index (χ0) is 15.2. The molecule has 0 unspecified atom stereocenters. The first-order valence-electron chi connectivity index (χ1n) is 6.22. The molecule has 6 heteroatoms. The van der Waals surface area contributed by atoms with E-state index < -0.39 is 17.7 Å². The largest absolute Gasteiger partial charge is 0.464 e. The van der Waals surface area contributed by atoms with Gasteiger partial charge in [-0.2, -0.15) is 0 Å². The molecule has 0 radical (unpaired) electrons. The first kappa shape index (κ1) is 15.8. The summed E-state index contributed by atoms with van der Waals surface area (Å²) >= 11 is 0. The normalized spacial score (nSPS) is 11.4. The fourth-order valence-electron chi connectivity index (χ4n) is 1.38. The van der Waals surface area contributed by atoms with Gasteiger partial charge in [-0.15, -0.1) is 0 Å². The third-order valence-electron chi connectivity index (χ3n) is 2.17. The minimum absolute atomic E-state index is 0.335. The Kier molecular flexibility index (Phi) is 5.37. The van der Waals surface area contributed by atoms with E-state index in [-0.39, 0.29) is 0 Å². The molecule has 1 aromatic heterocycles. The van der Waals surface area contributed by atoms with Gasteiger partial charge in [-0.25, -0.2) is 9.59 Å². The molecule has 2 N–H and O–H groups in total. The van der Waals surface area contributed by atoms with Crippen LogP contribution < -0.4 is 5.32 Å². The van der Waals surface area contributed by atoms with E-state index in [0.29, 0.717) is 12.2 Å². The van der Waals surface area contributed by atoms with Gasteiger partial charge in [0.1, 0.15) is 11.3 Å². The van der Waals surface area contributed by atoms with Crippen LogP contribution in [0.25, 0.3) is 6.08 Å². The molecular weight excluding hydrogens is 260 g/mol. The Morgan fingerprint density at radius 2 is 2.05 bits per heavy atom. The number of nitrogens with one attached hydrogen (secondary N) is 2. The van der Waals surface area contributed by atoms with Crippen LogP contribution in [-0.4, -0.2) is 36.3 Å². The Morgan fingerprint density at radius 3 is 2.65 bits per heavy atom. The number of alkyl carbamates (subject to hydrolysis) is 1. The van der Waals surface area contributed by atoms with Crippen molar-refractivity contribution in [3.63, 3.8) is 0 Å². The third kappa shape index (κ3) is 5.60. The van der Waals surface area contributed by atoms with E-state index in [1.165, 1.54) is 7.11 Å². The molecule has 0 bridgehead atoms. The minimum Gasteiger partial charge on any atom is -0.464 e. The molecular formula is C14H20N2O4. The first-order valence-corrected chi connectivity index (χ1v) is 6.22. The summed E-state index contributed by atoms with van der Waals surface area (Å²) < 4.78 is 9.67. The summed E-state index contributed by atoms with van der Waals surface area (Å²) in [4.78, 5) is 25.5. The summed E-state index contributed by atoms with van der Waals surface area (Å²) in [5.74, 6) is -0.420. The highest BCUT2D eigenvalue weighted by Gasteiger charge is 2.15. The number of carbonyl (C=O) groups is 2. The van der Waals surface area contributed by atoms with Crippen molar-refractivity contribution in [3.05, 3.63) is 29.6 Å². The number of carbonyl (C=O) groups excluding carboxylic acids is 2. The number of aromatic amines is 1. The molecule has 0 atom stereocenters. The number of hydrogen-bond donors (Lipinski definition) is 2. The predicted octanol–water partition coefficient (Wildman–Crippen LogP) is 2.34. The van der Waals surface area contributed by atoms with Gasteiger partial charge in [0, 0.05) is 12.2 Å². The SMILES string of the molecule is COC(=O)c1ccc(C=CCNC(=O)OC(C)(C)C)[nH]1. The highest BCUT2D eigenvalue weighted by Crippen LogP contribution is 2.07. The van der Waals surface area contributed by atoms with E-state index in [2.05, 4.69) is 15.0 Å². The molecule has 0 aliphatic rings.